The van der Waals surface area contributed by atoms with Crippen molar-refractivity contribution in [3.8, 4) is 0 Å². The molecule has 0 unspecified atom stereocenters. The summed E-state index contributed by atoms with van der Waals surface area (Å²) < 4.78 is 22.8. The van der Waals surface area contributed by atoms with Crippen molar-refractivity contribution < 1.29 is 13.6 Å². The fraction of sp³-hybridized carbons (Fsp3) is 0.400. The molecule has 0 atom stereocenters. The summed E-state index contributed by atoms with van der Waals surface area (Å²) in [4.78, 5) is 0. The molecule has 0 saturated carbocycles. The lowest BCUT2D eigenvalue weighted by atomic mass is 9.97. The predicted octanol–water partition coefficient (Wildman–Crippen LogP) is 0.836. The first-order valence-electron chi connectivity index (χ1n) is 5.08. The smallest absolute Gasteiger partial charge is 0.305 e. The SMILES string of the molecule is Bc1cccc(P(=O)(OCC)OCC)c1. The zero-order chi connectivity index (χ0) is 11.3. The van der Waals surface area contributed by atoms with Crippen LogP contribution >= 0.6 is 7.60 Å². The molecule has 1 aromatic carbocycles. The molecule has 0 N–H and O–H groups in total. The lowest BCUT2D eigenvalue weighted by Gasteiger charge is -2.17. The average Bonchev–Trinajstić information content (AvgIpc) is 2.18. The van der Waals surface area contributed by atoms with E-state index < -0.39 is 7.60 Å². The van der Waals surface area contributed by atoms with E-state index in [2.05, 4.69) is 0 Å². The molecule has 0 aliphatic carbocycles. The van der Waals surface area contributed by atoms with Crippen molar-refractivity contribution in [1.29, 1.82) is 0 Å². The van der Waals surface area contributed by atoms with E-state index in [1.165, 1.54) is 0 Å². The van der Waals surface area contributed by atoms with Crippen LogP contribution in [-0.2, 0) is 13.6 Å². The molecule has 3 nitrogen and oxygen atoms in total. The molecule has 0 bridgehead atoms. The van der Waals surface area contributed by atoms with E-state index in [1.54, 1.807) is 6.07 Å². The topological polar surface area (TPSA) is 35.5 Å². The Labute approximate surface area is 91.7 Å². The first-order valence-corrected chi connectivity index (χ1v) is 6.63. The van der Waals surface area contributed by atoms with E-state index in [1.807, 2.05) is 39.9 Å². The van der Waals surface area contributed by atoms with Gasteiger partial charge in [0.2, 0.25) is 0 Å². The third-order valence-electron chi connectivity index (χ3n) is 1.92. The monoisotopic (exact) mass is 226 g/mol. The van der Waals surface area contributed by atoms with Crippen LogP contribution in [0.1, 0.15) is 13.8 Å². The third kappa shape index (κ3) is 3.20. The second-order valence-corrected chi connectivity index (χ2v) is 5.20. The summed E-state index contributed by atoms with van der Waals surface area (Å²) in [5.41, 5.74) is 1.05. The van der Waals surface area contributed by atoms with E-state index in [0.717, 1.165) is 5.46 Å². The molecule has 0 radical (unpaired) electrons. The van der Waals surface area contributed by atoms with Crippen LogP contribution in [0, 0.1) is 0 Å². The molecular formula is C10H16BO3P. The van der Waals surface area contributed by atoms with Gasteiger partial charge in [0.1, 0.15) is 7.85 Å². The summed E-state index contributed by atoms with van der Waals surface area (Å²) >= 11 is 0. The second-order valence-electron chi connectivity index (χ2n) is 3.17. The summed E-state index contributed by atoms with van der Waals surface area (Å²) in [5, 5.41) is 0.631. The van der Waals surface area contributed by atoms with E-state index in [4.69, 9.17) is 9.05 Å². The van der Waals surface area contributed by atoms with Gasteiger partial charge in [-0.05, 0) is 19.9 Å². The number of hydrogen-bond donors (Lipinski definition) is 0. The Morgan fingerprint density at radius 3 is 2.33 bits per heavy atom. The van der Waals surface area contributed by atoms with Gasteiger partial charge in [0.25, 0.3) is 0 Å². The molecule has 1 aromatic rings. The Bertz CT molecular complexity index is 357. The van der Waals surface area contributed by atoms with Crippen LogP contribution in [0.2, 0.25) is 0 Å². The van der Waals surface area contributed by atoms with Gasteiger partial charge in [-0.15, -0.1) is 0 Å². The molecule has 0 heterocycles. The van der Waals surface area contributed by atoms with Crippen molar-refractivity contribution >= 4 is 26.2 Å². The minimum Gasteiger partial charge on any atom is -0.305 e. The number of benzene rings is 1. The molecule has 0 aliphatic rings. The molecule has 0 saturated heterocycles. The Balaban J connectivity index is 3.03. The first-order chi connectivity index (χ1) is 7.12. The fourth-order valence-electron chi connectivity index (χ4n) is 1.32. The van der Waals surface area contributed by atoms with Gasteiger partial charge in [-0.25, -0.2) is 0 Å². The highest BCUT2D eigenvalue weighted by atomic mass is 31.2. The summed E-state index contributed by atoms with van der Waals surface area (Å²) in [6.45, 7) is 4.37. The summed E-state index contributed by atoms with van der Waals surface area (Å²) in [5.74, 6) is 0. The van der Waals surface area contributed by atoms with Crippen molar-refractivity contribution in [2.75, 3.05) is 13.2 Å². The Morgan fingerprint density at radius 2 is 1.87 bits per heavy atom. The lowest BCUT2D eigenvalue weighted by Crippen LogP contribution is -2.16. The van der Waals surface area contributed by atoms with E-state index in [0.29, 0.717) is 18.5 Å². The van der Waals surface area contributed by atoms with Crippen LogP contribution in [0.5, 0.6) is 0 Å². The van der Waals surface area contributed by atoms with Gasteiger partial charge < -0.3 is 9.05 Å². The quantitative estimate of drug-likeness (QED) is 0.551. The molecule has 0 spiro atoms. The number of rotatable bonds is 5. The van der Waals surface area contributed by atoms with E-state index in [9.17, 15) is 4.57 Å². The molecule has 15 heavy (non-hydrogen) atoms. The highest BCUT2D eigenvalue weighted by Gasteiger charge is 2.26. The van der Waals surface area contributed by atoms with Gasteiger partial charge in [0, 0.05) is 0 Å². The lowest BCUT2D eigenvalue weighted by molar-refractivity contribution is 0.230. The van der Waals surface area contributed by atoms with Gasteiger partial charge >= 0.3 is 7.60 Å². The molecule has 0 amide bonds. The maximum absolute atomic E-state index is 12.3. The molecule has 0 fully saturated rings. The Kier molecular flexibility index (Phi) is 4.58. The maximum atomic E-state index is 12.3. The highest BCUT2D eigenvalue weighted by Crippen LogP contribution is 2.46. The normalized spacial score (nSPS) is 11.6. The molecule has 82 valence electrons. The second kappa shape index (κ2) is 5.50. The van der Waals surface area contributed by atoms with Gasteiger partial charge in [0.05, 0.1) is 18.5 Å². The van der Waals surface area contributed by atoms with Crippen LogP contribution in [0.15, 0.2) is 24.3 Å². The van der Waals surface area contributed by atoms with Crippen molar-refractivity contribution in [1.82, 2.24) is 0 Å². The minimum absolute atomic E-state index is 0.380. The standard InChI is InChI=1S/C10H16BO3P/c1-3-13-15(12,14-4-2)10-7-5-6-9(11)8-10/h5-8H,3-4,11H2,1-2H3. The van der Waals surface area contributed by atoms with E-state index >= 15 is 0 Å². The van der Waals surface area contributed by atoms with Crippen molar-refractivity contribution in [2.45, 2.75) is 13.8 Å². The molecule has 5 heteroatoms. The zero-order valence-corrected chi connectivity index (χ0v) is 10.3. The minimum atomic E-state index is -3.10. The molecule has 0 aromatic heterocycles. The third-order valence-corrected chi connectivity index (χ3v) is 4.02. The summed E-state index contributed by atoms with van der Waals surface area (Å²) in [6.07, 6.45) is 0. The molecule has 0 aliphatic heterocycles. The first kappa shape index (κ1) is 12.5. The predicted molar refractivity (Wildman–Crippen MR) is 65.1 cm³/mol. The van der Waals surface area contributed by atoms with Crippen LogP contribution in [0.3, 0.4) is 0 Å². The summed E-state index contributed by atoms with van der Waals surface area (Å²) in [6, 6.07) is 7.42. The highest BCUT2D eigenvalue weighted by molar-refractivity contribution is 7.62. The summed E-state index contributed by atoms with van der Waals surface area (Å²) in [7, 11) is -1.15. The largest absolute Gasteiger partial charge is 0.361 e. The van der Waals surface area contributed by atoms with Gasteiger partial charge in [-0.2, -0.15) is 0 Å². The molecular weight excluding hydrogens is 210 g/mol. The van der Waals surface area contributed by atoms with Crippen LogP contribution in [0.4, 0.5) is 0 Å². The van der Waals surface area contributed by atoms with Crippen LogP contribution < -0.4 is 10.8 Å². The van der Waals surface area contributed by atoms with Crippen molar-refractivity contribution in [3.63, 3.8) is 0 Å². The van der Waals surface area contributed by atoms with Gasteiger partial charge in [-0.3, -0.25) is 4.57 Å². The van der Waals surface area contributed by atoms with Crippen LogP contribution in [-0.4, -0.2) is 21.1 Å². The van der Waals surface area contributed by atoms with Crippen molar-refractivity contribution in [2.24, 2.45) is 0 Å². The maximum Gasteiger partial charge on any atom is 0.361 e. The fourth-order valence-corrected chi connectivity index (χ4v) is 3.01. The van der Waals surface area contributed by atoms with Gasteiger partial charge in [0.15, 0.2) is 0 Å². The Hall–Kier alpha value is -0.565. The zero-order valence-electron chi connectivity index (χ0n) is 9.40. The average molecular weight is 226 g/mol. The van der Waals surface area contributed by atoms with Crippen LogP contribution in [0.25, 0.3) is 0 Å². The van der Waals surface area contributed by atoms with Crippen molar-refractivity contribution in [3.05, 3.63) is 24.3 Å². The van der Waals surface area contributed by atoms with Gasteiger partial charge in [-0.1, -0.05) is 23.7 Å². The van der Waals surface area contributed by atoms with E-state index in [-0.39, 0.29) is 0 Å². The molecule has 1 rings (SSSR count). The Morgan fingerprint density at radius 1 is 1.27 bits per heavy atom. The number of hydrogen-bond acceptors (Lipinski definition) is 3.